The van der Waals surface area contributed by atoms with E-state index in [1.165, 1.54) is 39.0 Å². The van der Waals surface area contributed by atoms with Crippen LogP contribution in [-0.2, 0) is 0 Å². The average Bonchev–Trinajstić information content (AvgIpc) is 2.19. The van der Waals surface area contributed by atoms with Crippen molar-refractivity contribution in [1.82, 2.24) is 15.1 Å². The van der Waals surface area contributed by atoms with Crippen molar-refractivity contribution in [3.8, 4) is 0 Å². The first-order valence-corrected chi connectivity index (χ1v) is 6.69. The Balaban J connectivity index is 2.29. The van der Waals surface area contributed by atoms with Gasteiger partial charge in [-0.3, -0.25) is 4.90 Å². The van der Waals surface area contributed by atoms with E-state index < -0.39 is 0 Å². The van der Waals surface area contributed by atoms with Crippen molar-refractivity contribution < 1.29 is 0 Å². The third kappa shape index (κ3) is 5.28. The van der Waals surface area contributed by atoms with E-state index in [0.717, 1.165) is 18.5 Å². The van der Waals surface area contributed by atoms with E-state index >= 15 is 0 Å². The maximum Gasteiger partial charge on any atom is 0.0223 e. The summed E-state index contributed by atoms with van der Waals surface area (Å²) >= 11 is 0. The molecule has 0 aromatic heterocycles. The summed E-state index contributed by atoms with van der Waals surface area (Å²) in [6.07, 6.45) is 2.62. The minimum atomic E-state index is 0.760. The predicted molar refractivity (Wildman–Crippen MR) is 70.9 cm³/mol. The van der Waals surface area contributed by atoms with Gasteiger partial charge in [0.1, 0.15) is 0 Å². The Morgan fingerprint density at radius 1 is 1.38 bits per heavy atom. The zero-order valence-electron chi connectivity index (χ0n) is 11.5. The Bertz CT molecular complexity index is 180. The third-order valence-corrected chi connectivity index (χ3v) is 3.27. The molecule has 3 heteroatoms. The largest absolute Gasteiger partial charge is 0.314 e. The Kier molecular flexibility index (Phi) is 6.32. The zero-order valence-corrected chi connectivity index (χ0v) is 11.5. The van der Waals surface area contributed by atoms with Crippen LogP contribution in [0.2, 0.25) is 0 Å². The molecule has 1 N–H and O–H groups in total. The summed E-state index contributed by atoms with van der Waals surface area (Å²) in [5.74, 6) is 0.807. The lowest BCUT2D eigenvalue weighted by Gasteiger charge is -2.37. The highest BCUT2D eigenvalue weighted by Crippen LogP contribution is 2.13. The number of nitrogens with one attached hydrogen (secondary N) is 1. The minimum Gasteiger partial charge on any atom is -0.314 e. The number of rotatable bonds is 6. The van der Waals surface area contributed by atoms with Gasteiger partial charge in [0.05, 0.1) is 0 Å². The number of hydrogen-bond acceptors (Lipinski definition) is 3. The molecule has 0 aromatic rings. The molecule has 0 bridgehead atoms. The van der Waals surface area contributed by atoms with Crippen molar-refractivity contribution in [1.29, 1.82) is 0 Å². The van der Waals surface area contributed by atoms with Crippen LogP contribution in [0.5, 0.6) is 0 Å². The lowest BCUT2D eigenvalue weighted by Crippen LogP contribution is -2.52. The monoisotopic (exact) mass is 227 g/mol. The smallest absolute Gasteiger partial charge is 0.0223 e. The molecule has 0 aromatic carbocycles. The quantitative estimate of drug-likeness (QED) is 0.737. The molecule has 0 radical (unpaired) electrons. The van der Waals surface area contributed by atoms with Gasteiger partial charge in [-0.1, -0.05) is 13.8 Å². The Morgan fingerprint density at radius 3 is 2.75 bits per heavy atom. The van der Waals surface area contributed by atoms with Gasteiger partial charge in [0.2, 0.25) is 0 Å². The number of nitrogens with zero attached hydrogens (tertiary/aromatic N) is 2. The maximum absolute atomic E-state index is 3.52. The first kappa shape index (κ1) is 13.9. The van der Waals surface area contributed by atoms with Crippen LogP contribution < -0.4 is 5.32 Å². The molecule has 96 valence electrons. The van der Waals surface area contributed by atoms with Gasteiger partial charge in [0.15, 0.2) is 0 Å². The lowest BCUT2D eigenvalue weighted by molar-refractivity contribution is 0.136. The molecule has 1 atom stereocenters. The normalized spacial score (nSPS) is 23.2. The molecule has 0 amide bonds. The van der Waals surface area contributed by atoms with Crippen LogP contribution >= 0.6 is 0 Å². The number of piperazine rings is 1. The Labute approximate surface area is 101 Å². The molecular weight excluding hydrogens is 198 g/mol. The van der Waals surface area contributed by atoms with Crippen molar-refractivity contribution in [2.24, 2.45) is 5.92 Å². The van der Waals surface area contributed by atoms with E-state index in [2.05, 4.69) is 43.1 Å². The van der Waals surface area contributed by atoms with Crippen LogP contribution in [0, 0.1) is 5.92 Å². The van der Waals surface area contributed by atoms with Crippen LogP contribution in [0.25, 0.3) is 0 Å². The topological polar surface area (TPSA) is 18.5 Å². The van der Waals surface area contributed by atoms with Gasteiger partial charge >= 0.3 is 0 Å². The summed E-state index contributed by atoms with van der Waals surface area (Å²) in [6, 6.07) is 0.760. The van der Waals surface area contributed by atoms with Crippen LogP contribution in [0.4, 0.5) is 0 Å². The van der Waals surface area contributed by atoms with E-state index in [1.54, 1.807) is 0 Å². The van der Waals surface area contributed by atoms with Gasteiger partial charge in [-0.2, -0.15) is 0 Å². The van der Waals surface area contributed by atoms with Gasteiger partial charge in [-0.15, -0.1) is 0 Å². The molecule has 0 aliphatic carbocycles. The minimum absolute atomic E-state index is 0.760. The Hall–Kier alpha value is -0.120. The SMILES string of the molecule is CC(C)CC1CNCCN1CCCN(C)C. The third-order valence-electron chi connectivity index (χ3n) is 3.27. The molecule has 1 unspecified atom stereocenters. The van der Waals surface area contributed by atoms with E-state index in [9.17, 15) is 0 Å². The highest BCUT2D eigenvalue weighted by atomic mass is 15.2. The molecular formula is C13H29N3. The first-order valence-electron chi connectivity index (χ1n) is 6.69. The molecule has 1 saturated heterocycles. The Morgan fingerprint density at radius 2 is 2.12 bits per heavy atom. The van der Waals surface area contributed by atoms with Crippen molar-refractivity contribution in [3.05, 3.63) is 0 Å². The zero-order chi connectivity index (χ0) is 12.0. The number of hydrogen-bond donors (Lipinski definition) is 1. The fourth-order valence-corrected chi connectivity index (χ4v) is 2.46. The second kappa shape index (κ2) is 7.25. The highest BCUT2D eigenvalue weighted by Gasteiger charge is 2.22. The van der Waals surface area contributed by atoms with E-state index in [-0.39, 0.29) is 0 Å². The second-order valence-corrected chi connectivity index (χ2v) is 5.68. The summed E-state index contributed by atoms with van der Waals surface area (Å²) in [6.45, 7) is 10.7. The van der Waals surface area contributed by atoms with Gasteiger partial charge < -0.3 is 10.2 Å². The molecule has 0 saturated carbocycles. The second-order valence-electron chi connectivity index (χ2n) is 5.68. The van der Waals surface area contributed by atoms with Crippen molar-refractivity contribution in [2.45, 2.75) is 32.7 Å². The maximum atomic E-state index is 3.52. The fourth-order valence-electron chi connectivity index (χ4n) is 2.46. The van der Waals surface area contributed by atoms with Gasteiger partial charge in [-0.05, 0) is 45.9 Å². The first-order chi connectivity index (χ1) is 7.59. The summed E-state index contributed by atoms with van der Waals surface area (Å²) in [5.41, 5.74) is 0. The lowest BCUT2D eigenvalue weighted by atomic mass is 10.0. The van der Waals surface area contributed by atoms with Crippen molar-refractivity contribution in [2.75, 3.05) is 46.8 Å². The van der Waals surface area contributed by atoms with Gasteiger partial charge in [0.25, 0.3) is 0 Å². The molecule has 1 rings (SSSR count). The van der Waals surface area contributed by atoms with Crippen LogP contribution in [-0.4, -0.2) is 62.7 Å². The fraction of sp³-hybridized carbons (Fsp3) is 1.00. The molecule has 1 aliphatic heterocycles. The van der Waals surface area contributed by atoms with E-state index in [4.69, 9.17) is 0 Å². The molecule has 16 heavy (non-hydrogen) atoms. The van der Waals surface area contributed by atoms with Gasteiger partial charge in [0, 0.05) is 25.7 Å². The summed E-state index contributed by atoms with van der Waals surface area (Å²) in [7, 11) is 4.31. The van der Waals surface area contributed by atoms with Crippen LogP contribution in [0.3, 0.4) is 0 Å². The molecule has 1 aliphatic rings. The average molecular weight is 227 g/mol. The molecule has 0 spiro atoms. The standard InChI is InChI=1S/C13H29N3/c1-12(2)10-13-11-14-6-9-16(13)8-5-7-15(3)4/h12-14H,5-11H2,1-4H3. The van der Waals surface area contributed by atoms with E-state index in [0.29, 0.717) is 0 Å². The summed E-state index contributed by atoms with van der Waals surface area (Å²) in [4.78, 5) is 4.96. The molecule has 1 heterocycles. The van der Waals surface area contributed by atoms with Gasteiger partial charge in [-0.25, -0.2) is 0 Å². The summed E-state index contributed by atoms with van der Waals surface area (Å²) in [5, 5.41) is 3.52. The van der Waals surface area contributed by atoms with Crippen molar-refractivity contribution in [3.63, 3.8) is 0 Å². The predicted octanol–water partition coefficient (Wildman–Crippen LogP) is 1.26. The molecule has 3 nitrogen and oxygen atoms in total. The van der Waals surface area contributed by atoms with Crippen molar-refractivity contribution >= 4 is 0 Å². The van der Waals surface area contributed by atoms with E-state index in [1.807, 2.05) is 0 Å². The van der Waals surface area contributed by atoms with Crippen LogP contribution in [0.15, 0.2) is 0 Å². The molecule has 1 fully saturated rings. The van der Waals surface area contributed by atoms with Crippen LogP contribution in [0.1, 0.15) is 26.7 Å². The summed E-state index contributed by atoms with van der Waals surface area (Å²) < 4.78 is 0. The highest BCUT2D eigenvalue weighted by molar-refractivity contribution is 4.80.